The Morgan fingerprint density at radius 3 is 3.10 bits per heavy atom. The van der Waals surface area contributed by atoms with Crippen LogP contribution in [0.5, 0.6) is 0 Å². The number of hydrogen-bond acceptors (Lipinski definition) is 6. The summed E-state index contributed by atoms with van der Waals surface area (Å²) in [6, 6.07) is 6.99. The summed E-state index contributed by atoms with van der Waals surface area (Å²) in [5, 5.41) is 17.0. The van der Waals surface area contributed by atoms with E-state index in [4.69, 9.17) is 4.74 Å². The Kier molecular flexibility index (Phi) is 3.66. The van der Waals surface area contributed by atoms with Crippen molar-refractivity contribution in [1.29, 1.82) is 0 Å². The first-order chi connectivity index (χ1) is 9.84. The lowest BCUT2D eigenvalue weighted by Gasteiger charge is -2.23. The molecular formula is C12H14N6O2. The highest BCUT2D eigenvalue weighted by molar-refractivity contribution is 5.96. The van der Waals surface area contributed by atoms with Crippen LogP contribution >= 0.6 is 0 Å². The predicted molar refractivity (Wildman–Crippen MR) is 70.4 cm³/mol. The fraction of sp³-hybridized carbons (Fsp3) is 0.333. The Bertz CT molecular complexity index is 579. The molecule has 104 valence electrons. The molecule has 1 aliphatic heterocycles. The van der Waals surface area contributed by atoms with Gasteiger partial charge in [0.15, 0.2) is 0 Å². The molecule has 1 aliphatic rings. The number of nitrogens with one attached hydrogen (secondary N) is 2. The summed E-state index contributed by atoms with van der Waals surface area (Å²) in [5.74, 6) is -0.134. The van der Waals surface area contributed by atoms with Gasteiger partial charge in [-0.1, -0.05) is 12.1 Å². The molecule has 0 saturated carbocycles. The molecule has 1 aromatic carbocycles. The van der Waals surface area contributed by atoms with Crippen LogP contribution in [0, 0.1) is 0 Å². The lowest BCUT2D eigenvalue weighted by molar-refractivity contribution is -0.120. The molecule has 8 heteroatoms. The average Bonchev–Trinajstić information content (AvgIpc) is 3.03. The number of ether oxygens (including phenoxy) is 1. The van der Waals surface area contributed by atoms with Crippen molar-refractivity contribution in [3.63, 3.8) is 0 Å². The zero-order valence-electron chi connectivity index (χ0n) is 10.7. The maximum absolute atomic E-state index is 12.2. The highest BCUT2D eigenvalue weighted by atomic mass is 16.5. The van der Waals surface area contributed by atoms with Gasteiger partial charge in [-0.25, -0.2) is 0 Å². The zero-order valence-corrected chi connectivity index (χ0v) is 10.7. The Hall–Kier alpha value is -2.32. The SMILES string of the molecule is O=C(Nc1ccccc1-n1cnnn1)C1COCCN1. The molecule has 1 saturated heterocycles. The minimum absolute atomic E-state index is 0.134. The largest absolute Gasteiger partial charge is 0.378 e. The minimum atomic E-state index is -0.342. The molecule has 1 amide bonds. The van der Waals surface area contributed by atoms with Crippen molar-refractivity contribution in [1.82, 2.24) is 25.5 Å². The maximum Gasteiger partial charge on any atom is 0.243 e. The van der Waals surface area contributed by atoms with E-state index in [-0.39, 0.29) is 11.9 Å². The second-order valence-corrected chi connectivity index (χ2v) is 4.34. The summed E-state index contributed by atoms with van der Waals surface area (Å²) in [6.45, 7) is 1.68. The first kappa shape index (κ1) is 12.7. The zero-order chi connectivity index (χ0) is 13.8. The number of anilines is 1. The van der Waals surface area contributed by atoms with Crippen molar-refractivity contribution in [2.45, 2.75) is 6.04 Å². The van der Waals surface area contributed by atoms with Crippen LogP contribution in [0.1, 0.15) is 0 Å². The smallest absolute Gasteiger partial charge is 0.243 e. The molecule has 2 aromatic rings. The number of tetrazole rings is 1. The number of hydrogen-bond donors (Lipinski definition) is 2. The number of benzene rings is 1. The molecule has 1 fully saturated rings. The molecule has 20 heavy (non-hydrogen) atoms. The fourth-order valence-electron chi connectivity index (χ4n) is 2.00. The van der Waals surface area contributed by atoms with Gasteiger partial charge in [-0.05, 0) is 22.6 Å². The van der Waals surface area contributed by atoms with Crippen molar-refractivity contribution >= 4 is 11.6 Å². The molecule has 3 rings (SSSR count). The van der Waals surface area contributed by atoms with Crippen LogP contribution in [-0.2, 0) is 9.53 Å². The van der Waals surface area contributed by atoms with Crippen LogP contribution in [0.4, 0.5) is 5.69 Å². The lowest BCUT2D eigenvalue weighted by Crippen LogP contribution is -2.48. The van der Waals surface area contributed by atoms with Crippen LogP contribution in [0.15, 0.2) is 30.6 Å². The number of morpholine rings is 1. The number of carbonyl (C=O) groups excluding carboxylic acids is 1. The predicted octanol–water partition coefficient (Wildman–Crippen LogP) is -0.411. The molecular weight excluding hydrogens is 260 g/mol. The number of rotatable bonds is 3. The highest BCUT2D eigenvalue weighted by Crippen LogP contribution is 2.18. The molecule has 1 atom stereocenters. The van der Waals surface area contributed by atoms with Gasteiger partial charge in [0.2, 0.25) is 5.91 Å². The van der Waals surface area contributed by atoms with Gasteiger partial charge in [0, 0.05) is 6.54 Å². The van der Waals surface area contributed by atoms with Gasteiger partial charge in [0.05, 0.1) is 24.6 Å². The van der Waals surface area contributed by atoms with E-state index in [2.05, 4.69) is 26.2 Å². The van der Waals surface area contributed by atoms with Gasteiger partial charge < -0.3 is 15.4 Å². The molecule has 0 spiro atoms. The van der Waals surface area contributed by atoms with Gasteiger partial charge in [-0.2, -0.15) is 4.68 Å². The van der Waals surface area contributed by atoms with E-state index in [0.717, 1.165) is 0 Å². The Morgan fingerprint density at radius 1 is 1.45 bits per heavy atom. The van der Waals surface area contributed by atoms with Crippen molar-refractivity contribution in [3.05, 3.63) is 30.6 Å². The number of carbonyl (C=O) groups is 1. The Labute approximate surface area is 115 Å². The number of amides is 1. The molecule has 2 heterocycles. The Morgan fingerprint density at radius 2 is 2.35 bits per heavy atom. The topological polar surface area (TPSA) is 94.0 Å². The van der Waals surface area contributed by atoms with Crippen molar-refractivity contribution in [2.75, 3.05) is 25.1 Å². The summed E-state index contributed by atoms with van der Waals surface area (Å²) < 4.78 is 6.78. The molecule has 0 radical (unpaired) electrons. The molecule has 2 N–H and O–H groups in total. The van der Waals surface area contributed by atoms with E-state index in [1.54, 1.807) is 6.07 Å². The quantitative estimate of drug-likeness (QED) is 0.790. The van der Waals surface area contributed by atoms with Crippen LogP contribution in [0.2, 0.25) is 0 Å². The standard InChI is InChI=1S/C12H14N6O2/c19-12(10-7-20-6-5-13-10)15-9-3-1-2-4-11(9)18-8-14-16-17-18/h1-4,8,10,13H,5-7H2,(H,15,19). The van der Waals surface area contributed by atoms with Crippen LogP contribution in [0.25, 0.3) is 5.69 Å². The Balaban J connectivity index is 1.79. The van der Waals surface area contributed by atoms with E-state index < -0.39 is 0 Å². The highest BCUT2D eigenvalue weighted by Gasteiger charge is 2.22. The summed E-state index contributed by atoms with van der Waals surface area (Å²) in [4.78, 5) is 12.2. The van der Waals surface area contributed by atoms with Crippen LogP contribution in [0.3, 0.4) is 0 Å². The van der Waals surface area contributed by atoms with Crippen molar-refractivity contribution < 1.29 is 9.53 Å². The first-order valence-electron chi connectivity index (χ1n) is 6.29. The van der Waals surface area contributed by atoms with Crippen molar-refractivity contribution in [2.24, 2.45) is 0 Å². The second-order valence-electron chi connectivity index (χ2n) is 4.34. The van der Waals surface area contributed by atoms with Crippen LogP contribution in [-0.4, -0.2) is 51.9 Å². The van der Waals surface area contributed by atoms with Gasteiger partial charge >= 0.3 is 0 Å². The van der Waals surface area contributed by atoms with Crippen LogP contribution < -0.4 is 10.6 Å². The monoisotopic (exact) mass is 274 g/mol. The van der Waals surface area contributed by atoms with Gasteiger partial charge in [0.25, 0.3) is 0 Å². The number of nitrogens with zero attached hydrogens (tertiary/aromatic N) is 4. The molecule has 0 bridgehead atoms. The average molecular weight is 274 g/mol. The molecule has 1 aromatic heterocycles. The van der Waals surface area contributed by atoms with Gasteiger partial charge in [-0.15, -0.1) is 5.10 Å². The van der Waals surface area contributed by atoms with E-state index in [1.807, 2.05) is 18.2 Å². The first-order valence-corrected chi connectivity index (χ1v) is 6.29. The van der Waals surface area contributed by atoms with Crippen molar-refractivity contribution in [3.8, 4) is 5.69 Å². The van der Waals surface area contributed by atoms with E-state index in [9.17, 15) is 4.79 Å². The summed E-state index contributed by atoms with van der Waals surface area (Å²) in [7, 11) is 0. The minimum Gasteiger partial charge on any atom is -0.378 e. The molecule has 0 aliphatic carbocycles. The lowest BCUT2D eigenvalue weighted by atomic mass is 10.2. The number of aromatic nitrogens is 4. The number of para-hydroxylation sites is 2. The third-order valence-corrected chi connectivity index (χ3v) is 3.00. The van der Waals surface area contributed by atoms with E-state index >= 15 is 0 Å². The summed E-state index contributed by atoms with van der Waals surface area (Å²) in [5.41, 5.74) is 1.36. The molecule has 8 nitrogen and oxygen atoms in total. The molecule has 1 unspecified atom stereocenters. The third-order valence-electron chi connectivity index (χ3n) is 3.00. The second kappa shape index (κ2) is 5.76. The summed E-state index contributed by atoms with van der Waals surface area (Å²) >= 11 is 0. The van der Waals surface area contributed by atoms with E-state index in [1.165, 1.54) is 11.0 Å². The third kappa shape index (κ3) is 2.65. The summed E-state index contributed by atoms with van der Waals surface area (Å²) in [6.07, 6.45) is 1.48. The van der Waals surface area contributed by atoms with Gasteiger partial charge in [0.1, 0.15) is 12.4 Å². The maximum atomic E-state index is 12.2. The van der Waals surface area contributed by atoms with Gasteiger partial charge in [-0.3, -0.25) is 4.79 Å². The fourth-order valence-corrected chi connectivity index (χ4v) is 2.00. The normalized spacial score (nSPS) is 18.7. The van der Waals surface area contributed by atoms with E-state index in [0.29, 0.717) is 31.1 Å².